The zero-order chi connectivity index (χ0) is 7.49. The van der Waals surface area contributed by atoms with Gasteiger partial charge in [-0.25, -0.2) is 0 Å². The topological polar surface area (TPSA) is 0 Å². The van der Waals surface area contributed by atoms with Gasteiger partial charge in [-0.05, 0) is 6.04 Å². The summed E-state index contributed by atoms with van der Waals surface area (Å²) in [5.41, 5.74) is 0. The summed E-state index contributed by atoms with van der Waals surface area (Å²) >= 11 is 0. The molecule has 0 bridgehead atoms. The average molecular weight is 143 g/mol. The van der Waals surface area contributed by atoms with Crippen molar-refractivity contribution < 1.29 is 0 Å². The number of hydrogen-bond donors (Lipinski definition) is 0. The molecule has 0 aliphatic heterocycles. The van der Waals surface area contributed by atoms with Crippen molar-refractivity contribution in [3.63, 3.8) is 0 Å². The fourth-order valence-electron chi connectivity index (χ4n) is 0.625. The summed E-state index contributed by atoms with van der Waals surface area (Å²) in [7, 11) is -0.741. The van der Waals surface area contributed by atoms with Crippen molar-refractivity contribution in [2.45, 2.75) is 46.0 Å². The van der Waals surface area contributed by atoms with Crippen LogP contribution in [0.3, 0.4) is 0 Å². The first-order valence-corrected chi connectivity index (χ1v) is 7.41. The Hall–Kier alpha value is 0.0869. The number of hydrogen-bond acceptors (Lipinski definition) is 0. The Morgan fingerprint density at radius 2 is 1.56 bits per heavy atom. The Morgan fingerprint density at radius 1 is 1.11 bits per heavy atom. The molecular formula is C8H19Si+. The van der Waals surface area contributed by atoms with E-state index in [2.05, 4.69) is 33.5 Å². The van der Waals surface area contributed by atoms with E-state index < -0.39 is 8.07 Å². The van der Waals surface area contributed by atoms with Crippen molar-refractivity contribution in [3.8, 4) is 0 Å². The maximum absolute atomic E-state index is 2.43. The summed E-state index contributed by atoms with van der Waals surface area (Å²) in [6, 6.07) is 1.45. The maximum Gasteiger partial charge on any atom is 0.0870 e. The summed E-state index contributed by atoms with van der Waals surface area (Å²) in [6.45, 7) is 11.7. The lowest BCUT2D eigenvalue weighted by atomic mass is 10.2. The van der Waals surface area contributed by atoms with Crippen LogP contribution in [-0.2, 0) is 0 Å². The van der Waals surface area contributed by atoms with E-state index in [-0.39, 0.29) is 0 Å². The minimum Gasteiger partial charge on any atom is -0.0694 e. The van der Waals surface area contributed by atoms with Crippen molar-refractivity contribution in [1.82, 2.24) is 0 Å². The van der Waals surface area contributed by atoms with Gasteiger partial charge in [-0.15, -0.1) is 0 Å². The van der Waals surface area contributed by atoms with Crippen LogP contribution in [0.15, 0.2) is 0 Å². The lowest BCUT2D eigenvalue weighted by Crippen LogP contribution is -2.19. The molecule has 0 radical (unpaired) electrons. The zero-order valence-corrected chi connectivity index (χ0v) is 8.41. The Balaban J connectivity index is 3.28. The molecular weight excluding hydrogens is 124 g/mol. The van der Waals surface area contributed by atoms with Gasteiger partial charge in [0.1, 0.15) is 0 Å². The Morgan fingerprint density at radius 3 is 1.67 bits per heavy atom. The SMILES string of the molecule is C[C+](C)CC[Si](C)(C)C. The first kappa shape index (κ1) is 9.09. The Labute approximate surface area is 60.7 Å². The van der Waals surface area contributed by atoms with Crippen LogP contribution in [0.25, 0.3) is 0 Å². The molecule has 0 aromatic rings. The summed E-state index contributed by atoms with van der Waals surface area (Å²) in [4.78, 5) is 0. The molecule has 0 spiro atoms. The zero-order valence-electron chi connectivity index (χ0n) is 7.41. The van der Waals surface area contributed by atoms with Gasteiger partial charge in [0.05, 0.1) is 26.2 Å². The molecule has 0 aliphatic rings. The molecule has 0 atom stereocenters. The molecule has 9 heavy (non-hydrogen) atoms. The molecule has 0 unspecified atom stereocenters. The van der Waals surface area contributed by atoms with Gasteiger partial charge in [0.2, 0.25) is 0 Å². The lowest BCUT2D eigenvalue weighted by molar-refractivity contribution is 0.905. The van der Waals surface area contributed by atoms with Gasteiger partial charge in [0.25, 0.3) is 0 Å². The molecule has 0 heterocycles. The summed E-state index contributed by atoms with van der Waals surface area (Å²) < 4.78 is 0. The monoisotopic (exact) mass is 143 g/mol. The molecule has 0 nitrogen and oxygen atoms in total. The smallest absolute Gasteiger partial charge is 0.0694 e. The minimum atomic E-state index is -0.741. The molecule has 0 saturated carbocycles. The van der Waals surface area contributed by atoms with Gasteiger partial charge in [0.15, 0.2) is 0 Å². The normalized spacial score (nSPS) is 11.7. The first-order chi connectivity index (χ1) is 3.92. The van der Waals surface area contributed by atoms with E-state index in [1.165, 1.54) is 12.5 Å². The molecule has 0 saturated heterocycles. The van der Waals surface area contributed by atoms with E-state index in [1.807, 2.05) is 0 Å². The molecule has 0 aliphatic carbocycles. The average Bonchev–Trinajstić information content (AvgIpc) is 1.59. The van der Waals surface area contributed by atoms with E-state index in [1.54, 1.807) is 5.92 Å². The largest absolute Gasteiger partial charge is 0.0870 e. The fourth-order valence-corrected chi connectivity index (χ4v) is 1.87. The van der Waals surface area contributed by atoms with E-state index in [0.717, 1.165) is 0 Å². The van der Waals surface area contributed by atoms with Crippen LogP contribution in [-0.4, -0.2) is 8.07 Å². The molecule has 54 valence electrons. The highest BCUT2D eigenvalue weighted by molar-refractivity contribution is 6.76. The second-order valence-electron chi connectivity index (χ2n) is 4.27. The van der Waals surface area contributed by atoms with E-state index in [0.29, 0.717) is 0 Å². The summed E-state index contributed by atoms with van der Waals surface area (Å²) in [5, 5.41) is 0. The highest BCUT2D eigenvalue weighted by Gasteiger charge is 2.16. The predicted molar refractivity (Wildman–Crippen MR) is 47.4 cm³/mol. The quantitative estimate of drug-likeness (QED) is 0.420. The number of rotatable bonds is 3. The van der Waals surface area contributed by atoms with Gasteiger partial charge < -0.3 is 0 Å². The Bertz CT molecular complexity index is 69.1. The highest BCUT2D eigenvalue weighted by atomic mass is 28.3. The summed E-state index contributed by atoms with van der Waals surface area (Å²) in [5.74, 6) is 1.58. The van der Waals surface area contributed by atoms with Gasteiger partial charge in [-0.1, -0.05) is 19.6 Å². The van der Waals surface area contributed by atoms with Crippen LogP contribution in [0, 0.1) is 5.92 Å². The van der Waals surface area contributed by atoms with E-state index in [4.69, 9.17) is 0 Å². The van der Waals surface area contributed by atoms with Crippen LogP contribution in [0.1, 0.15) is 20.3 Å². The van der Waals surface area contributed by atoms with Crippen molar-refractivity contribution in [2.24, 2.45) is 0 Å². The highest BCUT2D eigenvalue weighted by Crippen LogP contribution is 2.16. The minimum absolute atomic E-state index is 0.741. The van der Waals surface area contributed by atoms with Crippen LogP contribution in [0.2, 0.25) is 25.7 Å². The third-order valence-electron chi connectivity index (χ3n) is 1.37. The van der Waals surface area contributed by atoms with Crippen LogP contribution < -0.4 is 0 Å². The van der Waals surface area contributed by atoms with Gasteiger partial charge in [0, 0.05) is 8.07 Å². The second-order valence-corrected chi connectivity index (χ2v) is 9.89. The van der Waals surface area contributed by atoms with Crippen LogP contribution in [0.5, 0.6) is 0 Å². The molecule has 0 aromatic heterocycles. The third kappa shape index (κ3) is 8.09. The van der Waals surface area contributed by atoms with Gasteiger partial charge >= 0.3 is 0 Å². The van der Waals surface area contributed by atoms with Crippen LogP contribution >= 0.6 is 0 Å². The van der Waals surface area contributed by atoms with Crippen LogP contribution in [0.4, 0.5) is 0 Å². The third-order valence-corrected chi connectivity index (χ3v) is 3.12. The molecule has 1 heteroatoms. The van der Waals surface area contributed by atoms with E-state index in [9.17, 15) is 0 Å². The summed E-state index contributed by atoms with van der Waals surface area (Å²) in [6.07, 6.45) is 1.34. The van der Waals surface area contributed by atoms with Gasteiger partial charge in [-0.3, -0.25) is 0 Å². The Kier molecular flexibility index (Phi) is 3.34. The van der Waals surface area contributed by atoms with Gasteiger partial charge in [-0.2, -0.15) is 0 Å². The maximum atomic E-state index is 2.43. The molecule has 0 amide bonds. The predicted octanol–water partition coefficient (Wildman–Crippen LogP) is 3.33. The molecule has 0 rings (SSSR count). The van der Waals surface area contributed by atoms with Crippen molar-refractivity contribution in [1.29, 1.82) is 0 Å². The first-order valence-electron chi connectivity index (χ1n) is 3.71. The molecule has 0 aromatic carbocycles. The van der Waals surface area contributed by atoms with Crippen molar-refractivity contribution >= 4 is 8.07 Å². The lowest BCUT2D eigenvalue weighted by Gasteiger charge is -2.12. The molecule has 0 N–H and O–H groups in total. The molecule has 0 fully saturated rings. The van der Waals surface area contributed by atoms with E-state index >= 15 is 0 Å². The van der Waals surface area contributed by atoms with Crippen molar-refractivity contribution in [3.05, 3.63) is 5.92 Å². The standard InChI is InChI=1S/C8H19Si/c1-8(2)6-7-9(3,4)5/h6-7H2,1-5H3/q+1. The second kappa shape index (κ2) is 3.30. The van der Waals surface area contributed by atoms with Crippen molar-refractivity contribution in [2.75, 3.05) is 0 Å². The fraction of sp³-hybridized carbons (Fsp3) is 0.875.